The molecule has 0 radical (unpaired) electrons. The number of nitrogens with zero attached hydrogens (tertiary/aromatic N) is 5. The highest BCUT2D eigenvalue weighted by molar-refractivity contribution is 7.90. The lowest BCUT2D eigenvalue weighted by atomic mass is 10.0. The average Bonchev–Trinajstić information content (AvgIpc) is 3.78. The zero-order chi connectivity index (χ0) is 26.0. The Labute approximate surface area is 213 Å². The van der Waals surface area contributed by atoms with Gasteiger partial charge in [0.2, 0.25) is 0 Å². The molecule has 0 bridgehead atoms. The number of anilines is 2. The molecule has 3 aliphatic rings. The third-order valence-electron chi connectivity index (χ3n) is 6.75. The highest BCUT2D eigenvalue weighted by Gasteiger charge is 2.84. The quantitative estimate of drug-likeness (QED) is 0.515. The van der Waals surface area contributed by atoms with Gasteiger partial charge in [0.15, 0.2) is 10.8 Å². The van der Waals surface area contributed by atoms with Crippen LogP contribution in [0.15, 0.2) is 59.6 Å². The summed E-state index contributed by atoms with van der Waals surface area (Å²) in [6, 6.07) is 21.5. The van der Waals surface area contributed by atoms with Crippen LogP contribution in [0.2, 0.25) is 0 Å². The molecule has 6 rings (SSSR count). The Kier molecular flexibility index (Phi) is 4.81. The monoisotopic (exact) mass is 513 g/mol. The first-order chi connectivity index (χ1) is 17.6. The van der Waals surface area contributed by atoms with E-state index in [0.29, 0.717) is 24.5 Å². The van der Waals surface area contributed by atoms with Crippen molar-refractivity contribution in [3.05, 3.63) is 75.4 Å². The third-order valence-corrected chi connectivity index (χ3v) is 7.99. The lowest BCUT2D eigenvalue weighted by Gasteiger charge is -2.19. The molecule has 37 heavy (non-hydrogen) atoms. The van der Waals surface area contributed by atoms with Crippen molar-refractivity contribution in [3.8, 4) is 23.4 Å². The van der Waals surface area contributed by atoms with E-state index in [-0.39, 0.29) is 22.2 Å². The van der Waals surface area contributed by atoms with Gasteiger partial charge in [-0.2, -0.15) is 13.3 Å². The van der Waals surface area contributed by atoms with Gasteiger partial charge in [-0.3, -0.25) is 4.79 Å². The summed E-state index contributed by atoms with van der Waals surface area (Å²) in [5.41, 5.74) is 6.85. The Morgan fingerprint density at radius 3 is 2.24 bits per heavy atom. The molecule has 3 N–H and O–H groups in total. The minimum Gasteiger partial charge on any atom is -0.384 e. The summed E-state index contributed by atoms with van der Waals surface area (Å²) >= 11 is 0. The van der Waals surface area contributed by atoms with E-state index >= 15 is 0 Å². The van der Waals surface area contributed by atoms with Gasteiger partial charge >= 0.3 is 23.5 Å². The molecule has 10 nitrogen and oxygen atoms in total. The van der Waals surface area contributed by atoms with Gasteiger partial charge in [-0.05, 0) is 45.4 Å². The van der Waals surface area contributed by atoms with Crippen LogP contribution in [0.3, 0.4) is 0 Å². The molecular weight excluding hydrogens is 490 g/mol. The minimum absolute atomic E-state index is 0.0225. The maximum atomic E-state index is 13.4. The van der Waals surface area contributed by atoms with Crippen molar-refractivity contribution < 1.29 is 13.2 Å². The second-order valence-corrected chi connectivity index (χ2v) is 11.2. The number of amides is 1. The van der Waals surface area contributed by atoms with Crippen LogP contribution in [0.25, 0.3) is 20.9 Å². The summed E-state index contributed by atoms with van der Waals surface area (Å²) < 4.78 is 27.9. The first kappa shape index (κ1) is 23.0. The zero-order valence-electron chi connectivity index (χ0n) is 20.1. The van der Waals surface area contributed by atoms with Gasteiger partial charge in [0.1, 0.15) is 5.82 Å². The van der Waals surface area contributed by atoms with Crippen molar-refractivity contribution >= 4 is 27.6 Å². The van der Waals surface area contributed by atoms with Gasteiger partial charge in [0, 0.05) is 5.56 Å². The number of nitrogens with one attached hydrogen (secondary N) is 1. The number of nitrogens with two attached hydrogens (primary N) is 1. The van der Waals surface area contributed by atoms with E-state index in [1.807, 2.05) is 29.2 Å². The van der Waals surface area contributed by atoms with Crippen molar-refractivity contribution in [2.75, 3.05) is 10.6 Å². The number of carbonyl (C=O) groups is 1. The average molecular weight is 514 g/mol. The molecule has 2 atom stereocenters. The van der Waals surface area contributed by atoms with Gasteiger partial charge in [0.05, 0.1) is 24.1 Å². The van der Waals surface area contributed by atoms with Crippen molar-refractivity contribution in [1.29, 1.82) is 0 Å². The molecule has 0 saturated carbocycles. The topological polar surface area (TPSA) is 127 Å². The summed E-state index contributed by atoms with van der Waals surface area (Å²) in [5.74, 6) is -0.186. The van der Waals surface area contributed by atoms with Crippen LogP contribution < -0.4 is 15.4 Å². The molecule has 0 aliphatic carbocycles. The van der Waals surface area contributed by atoms with Gasteiger partial charge in [-0.15, -0.1) is 0 Å². The second-order valence-electron chi connectivity index (χ2n) is 9.60. The van der Waals surface area contributed by atoms with Gasteiger partial charge in [0.25, 0.3) is 15.9 Å². The number of hydrogen-bond donors (Lipinski definition) is 2. The molecule has 184 valence electrons. The van der Waals surface area contributed by atoms with Crippen LogP contribution in [-0.2, 0) is 10.0 Å². The largest absolute Gasteiger partial charge is 0.493 e. The summed E-state index contributed by atoms with van der Waals surface area (Å²) in [5, 5.41) is -0.357. The van der Waals surface area contributed by atoms with Crippen molar-refractivity contribution in [2.24, 2.45) is 0 Å². The van der Waals surface area contributed by atoms with Crippen LogP contribution in [-0.4, -0.2) is 35.6 Å². The fraction of sp³-hybridized carbons (Fsp3) is 0.269. The Bertz CT molecular complexity index is 1660. The van der Waals surface area contributed by atoms with Gasteiger partial charge in [-0.1, -0.05) is 44.2 Å². The Morgan fingerprint density at radius 1 is 1.03 bits per heavy atom. The molecule has 1 aromatic carbocycles. The lowest BCUT2D eigenvalue weighted by molar-refractivity contribution is 0.0981. The molecule has 1 fully saturated rings. The number of nitrogen functional groups attached to an aromatic ring is 1. The van der Waals surface area contributed by atoms with Crippen LogP contribution >= 0.6 is 0 Å². The normalized spacial score (nSPS) is 22.4. The van der Waals surface area contributed by atoms with E-state index in [0.717, 1.165) is 5.56 Å². The van der Waals surface area contributed by atoms with Crippen molar-refractivity contribution in [1.82, 2.24) is 14.7 Å². The van der Waals surface area contributed by atoms with E-state index in [1.54, 1.807) is 12.1 Å². The van der Waals surface area contributed by atoms with Gasteiger partial charge in [-0.25, -0.2) is 14.7 Å². The summed E-state index contributed by atoms with van der Waals surface area (Å²) in [6.45, 7) is 4.24. The highest BCUT2D eigenvalue weighted by Crippen LogP contribution is 2.54. The molecule has 1 amide bonds. The molecule has 3 aliphatic heterocycles. The predicted octanol–water partition coefficient (Wildman–Crippen LogP) is 3.65. The molecule has 11 heteroatoms. The van der Waals surface area contributed by atoms with Crippen LogP contribution in [0.4, 0.5) is 11.6 Å². The fourth-order valence-corrected chi connectivity index (χ4v) is 5.53. The molecule has 1 saturated heterocycles. The molecule has 2 aromatic heterocycles. The van der Waals surface area contributed by atoms with E-state index in [9.17, 15) is 13.2 Å². The number of rotatable bonds is 6. The van der Waals surface area contributed by atoms with Crippen molar-refractivity contribution in [2.45, 2.75) is 49.0 Å². The van der Waals surface area contributed by atoms with Crippen LogP contribution in [0.5, 0.6) is 0 Å². The van der Waals surface area contributed by atoms with E-state index in [4.69, 9.17) is 10.7 Å². The van der Waals surface area contributed by atoms with Crippen molar-refractivity contribution in [3.63, 3.8) is 0 Å². The first-order valence-corrected chi connectivity index (χ1v) is 13.3. The maximum absolute atomic E-state index is 13.4. The SMILES string of the molecule is CC(C)c1ccc(-c2ccc(C(=O)NS(=O)(=O)c3cccc(N)n3)c(N3[C@@]4(C#[N+]4)CC[C@@]34C#[N+]4)n2)cc1. The number of pyridine rings is 2. The number of benzene rings is 1. The van der Waals surface area contributed by atoms with E-state index in [1.165, 1.54) is 23.8 Å². The number of aromatic nitrogens is 2. The molecule has 0 unspecified atom stereocenters. The highest BCUT2D eigenvalue weighted by atomic mass is 32.2. The number of sulfonamides is 1. The number of carbonyl (C=O) groups excluding carboxylic acids is 1. The van der Waals surface area contributed by atoms with E-state index < -0.39 is 27.3 Å². The van der Waals surface area contributed by atoms with Crippen LogP contribution in [0, 0.1) is 12.1 Å². The molecule has 3 aromatic rings. The lowest BCUT2D eigenvalue weighted by Crippen LogP contribution is -2.45. The molecular formula is C26H23N7O3S+2. The standard InChI is InChI=1S/C26H22N7O3S/c1-16(2)17-6-8-18(9-7-17)20-11-10-19(24(34)32-37(35,36)22-5-3-4-21(27)31-22)23(30-20)33-25(14-28-25)12-13-26(33)15-29-26/h3-11,16H,12-13H2,1-2H3,(H2-,27,31,32,34)/q+1/p+1/t25-,26+. The summed E-state index contributed by atoms with van der Waals surface area (Å²) in [7, 11) is -4.29. The maximum Gasteiger partial charge on any atom is 0.493 e. The van der Waals surface area contributed by atoms with Gasteiger partial charge < -0.3 is 5.73 Å². The predicted molar refractivity (Wildman–Crippen MR) is 139 cm³/mol. The minimum atomic E-state index is -4.29. The fourth-order valence-electron chi connectivity index (χ4n) is 4.59. The molecule has 2 spiro atoms. The summed E-state index contributed by atoms with van der Waals surface area (Å²) in [6.07, 6.45) is 1.29. The number of hydrogen-bond acceptors (Lipinski definition) is 7. The third kappa shape index (κ3) is 3.85. The smallest absolute Gasteiger partial charge is 0.384 e. The summed E-state index contributed by atoms with van der Waals surface area (Å²) in [4.78, 5) is 32.6. The first-order valence-electron chi connectivity index (χ1n) is 11.8. The van der Waals surface area contributed by atoms with Crippen LogP contribution in [0.1, 0.15) is 48.5 Å². The Balaban J connectivity index is 1.41. The van der Waals surface area contributed by atoms with E-state index in [2.05, 4.69) is 45.4 Å². The zero-order valence-corrected chi connectivity index (χ0v) is 21.0. The Morgan fingerprint density at radius 2 is 1.68 bits per heavy atom. The second kappa shape index (κ2) is 7.76. The molecule has 5 heterocycles. The Hall–Kier alpha value is -4.48.